The van der Waals surface area contributed by atoms with E-state index in [9.17, 15) is 0 Å². The van der Waals surface area contributed by atoms with Crippen LogP contribution in [0.2, 0.25) is 0 Å². The number of thioether (sulfide) groups is 1. The molecular weight excluding hydrogens is 261 g/mol. The van der Waals surface area contributed by atoms with E-state index in [-0.39, 0.29) is 11.5 Å². The third-order valence-corrected chi connectivity index (χ3v) is 6.28. The van der Waals surface area contributed by atoms with E-state index in [4.69, 9.17) is 4.74 Å². The summed E-state index contributed by atoms with van der Waals surface area (Å²) in [6.07, 6.45) is 6.56. The third kappa shape index (κ3) is 3.11. The quantitative estimate of drug-likeness (QED) is 0.800. The topological polar surface area (TPSA) is 21.3 Å². The zero-order chi connectivity index (χ0) is 13.2. The number of halogens is 1. The summed E-state index contributed by atoms with van der Waals surface area (Å²) in [5, 5.41) is 3.34. The van der Waals surface area contributed by atoms with Crippen LogP contribution >= 0.6 is 11.8 Å². The van der Waals surface area contributed by atoms with Gasteiger partial charge in [-0.05, 0) is 75.5 Å². The van der Waals surface area contributed by atoms with E-state index in [1.165, 1.54) is 11.5 Å². The van der Waals surface area contributed by atoms with Gasteiger partial charge in [0.05, 0.1) is 5.60 Å². The second kappa shape index (κ2) is 5.90. The Bertz CT molecular complexity index is 293. The molecule has 3 rings (SSSR count). The molecule has 19 heavy (non-hydrogen) atoms. The summed E-state index contributed by atoms with van der Waals surface area (Å²) in [5.74, 6) is 2.60. The maximum absolute atomic E-state index is 15.4. The van der Waals surface area contributed by atoms with Crippen molar-refractivity contribution in [2.45, 2.75) is 56.2 Å². The fraction of sp³-hybridized carbons (Fsp3) is 1.00. The first-order valence-corrected chi connectivity index (χ1v) is 8.99. The van der Waals surface area contributed by atoms with Gasteiger partial charge in [-0.1, -0.05) is 0 Å². The summed E-state index contributed by atoms with van der Waals surface area (Å²) in [4.78, 5) is 0. The van der Waals surface area contributed by atoms with Gasteiger partial charge in [0.25, 0.3) is 0 Å². The Balaban J connectivity index is 1.69. The van der Waals surface area contributed by atoms with Crippen LogP contribution in [0.4, 0.5) is 4.39 Å². The third-order valence-electron chi connectivity index (χ3n) is 5.29. The van der Waals surface area contributed by atoms with Crippen molar-refractivity contribution in [2.24, 2.45) is 5.92 Å². The second-order valence-electron chi connectivity index (χ2n) is 6.47. The highest BCUT2D eigenvalue weighted by Crippen LogP contribution is 2.46. The molecule has 0 amide bonds. The first-order chi connectivity index (χ1) is 9.23. The predicted octanol–water partition coefficient (Wildman–Crippen LogP) is 3.16. The zero-order valence-corrected chi connectivity index (χ0v) is 12.6. The highest BCUT2D eigenvalue weighted by Gasteiger charge is 2.47. The van der Waals surface area contributed by atoms with E-state index in [2.05, 4.69) is 5.32 Å². The van der Waals surface area contributed by atoms with E-state index < -0.39 is 5.67 Å². The van der Waals surface area contributed by atoms with Crippen LogP contribution in [0, 0.1) is 5.92 Å². The van der Waals surface area contributed by atoms with Crippen molar-refractivity contribution in [3.63, 3.8) is 0 Å². The van der Waals surface area contributed by atoms with Crippen LogP contribution in [-0.2, 0) is 4.74 Å². The van der Waals surface area contributed by atoms with Crippen molar-refractivity contribution in [1.29, 1.82) is 0 Å². The molecule has 0 aromatic rings. The first-order valence-electron chi connectivity index (χ1n) is 7.84. The van der Waals surface area contributed by atoms with E-state index in [0.29, 0.717) is 6.42 Å². The summed E-state index contributed by atoms with van der Waals surface area (Å²) >= 11 is 2.02. The molecule has 0 aromatic heterocycles. The van der Waals surface area contributed by atoms with Gasteiger partial charge in [0.15, 0.2) is 0 Å². The number of ether oxygens (including phenoxy) is 1. The van der Waals surface area contributed by atoms with Gasteiger partial charge in [-0.2, -0.15) is 11.8 Å². The van der Waals surface area contributed by atoms with E-state index in [0.717, 1.165) is 58.2 Å². The van der Waals surface area contributed by atoms with Crippen molar-refractivity contribution in [3.05, 3.63) is 0 Å². The lowest BCUT2D eigenvalue weighted by Crippen LogP contribution is -2.48. The maximum atomic E-state index is 15.4. The standard InChI is InChI=1S/C15H26FNOS/c16-15(3-1-7-17-8-4-15)13-2-9-18-14(12-13)5-10-19-11-6-14/h13,17H,1-12H2. The maximum Gasteiger partial charge on any atom is 0.115 e. The number of hydrogen-bond donors (Lipinski definition) is 1. The van der Waals surface area contributed by atoms with Crippen LogP contribution < -0.4 is 5.32 Å². The van der Waals surface area contributed by atoms with E-state index in [1.54, 1.807) is 0 Å². The molecule has 2 atom stereocenters. The van der Waals surface area contributed by atoms with Gasteiger partial charge in [-0.3, -0.25) is 0 Å². The molecule has 0 saturated carbocycles. The fourth-order valence-corrected chi connectivity index (χ4v) is 5.26. The summed E-state index contributed by atoms with van der Waals surface area (Å²) < 4.78 is 21.5. The minimum atomic E-state index is -0.940. The molecule has 1 N–H and O–H groups in total. The molecule has 2 unspecified atom stereocenters. The Morgan fingerprint density at radius 2 is 1.95 bits per heavy atom. The Hall–Kier alpha value is 0.200. The molecule has 0 aliphatic carbocycles. The van der Waals surface area contributed by atoms with Crippen LogP contribution in [0.25, 0.3) is 0 Å². The molecule has 110 valence electrons. The Labute approximate surface area is 120 Å². The van der Waals surface area contributed by atoms with Gasteiger partial charge in [0.2, 0.25) is 0 Å². The van der Waals surface area contributed by atoms with Crippen molar-refractivity contribution in [2.75, 3.05) is 31.2 Å². The number of alkyl halides is 1. The van der Waals surface area contributed by atoms with Crippen LogP contribution in [0.1, 0.15) is 44.9 Å². The monoisotopic (exact) mass is 287 g/mol. The zero-order valence-electron chi connectivity index (χ0n) is 11.8. The van der Waals surface area contributed by atoms with Crippen molar-refractivity contribution < 1.29 is 9.13 Å². The van der Waals surface area contributed by atoms with Gasteiger partial charge in [-0.25, -0.2) is 4.39 Å². The average molecular weight is 287 g/mol. The molecule has 0 radical (unpaired) electrons. The highest BCUT2D eigenvalue weighted by molar-refractivity contribution is 7.99. The molecular formula is C15H26FNOS. The second-order valence-corrected chi connectivity index (χ2v) is 7.70. The summed E-state index contributed by atoms with van der Waals surface area (Å²) in [7, 11) is 0. The Morgan fingerprint density at radius 1 is 1.11 bits per heavy atom. The molecule has 3 aliphatic rings. The minimum Gasteiger partial charge on any atom is -0.375 e. The summed E-state index contributed by atoms with van der Waals surface area (Å²) in [6.45, 7) is 2.60. The van der Waals surface area contributed by atoms with Crippen LogP contribution in [0.3, 0.4) is 0 Å². The molecule has 3 heterocycles. The molecule has 0 bridgehead atoms. The Morgan fingerprint density at radius 3 is 2.79 bits per heavy atom. The van der Waals surface area contributed by atoms with Crippen molar-refractivity contribution in [1.82, 2.24) is 5.32 Å². The molecule has 2 nitrogen and oxygen atoms in total. The predicted molar refractivity (Wildman–Crippen MR) is 78.5 cm³/mol. The van der Waals surface area contributed by atoms with Crippen LogP contribution in [0.15, 0.2) is 0 Å². The van der Waals surface area contributed by atoms with Crippen LogP contribution in [-0.4, -0.2) is 42.5 Å². The Kier molecular flexibility index (Phi) is 4.40. The van der Waals surface area contributed by atoms with Gasteiger partial charge in [0, 0.05) is 6.61 Å². The van der Waals surface area contributed by atoms with Gasteiger partial charge in [-0.15, -0.1) is 0 Å². The molecule has 1 spiro atoms. The molecule has 4 heteroatoms. The molecule has 3 saturated heterocycles. The largest absolute Gasteiger partial charge is 0.375 e. The van der Waals surface area contributed by atoms with Crippen molar-refractivity contribution >= 4 is 11.8 Å². The van der Waals surface area contributed by atoms with E-state index in [1.807, 2.05) is 11.8 Å². The van der Waals surface area contributed by atoms with Crippen LogP contribution in [0.5, 0.6) is 0 Å². The molecule has 0 aromatic carbocycles. The average Bonchev–Trinajstić information content (AvgIpc) is 2.66. The first kappa shape index (κ1) is 14.2. The normalized spacial score (nSPS) is 39.9. The SMILES string of the molecule is FC1(C2CCOC3(CCSCC3)C2)CCCNCC1. The molecule has 3 fully saturated rings. The number of rotatable bonds is 1. The lowest BCUT2D eigenvalue weighted by molar-refractivity contribution is -0.130. The number of nitrogens with one attached hydrogen (secondary N) is 1. The van der Waals surface area contributed by atoms with Gasteiger partial charge in [0.1, 0.15) is 5.67 Å². The van der Waals surface area contributed by atoms with Gasteiger partial charge < -0.3 is 10.1 Å². The lowest BCUT2D eigenvalue weighted by atomic mass is 9.72. The fourth-order valence-electron chi connectivity index (χ4n) is 4.02. The lowest BCUT2D eigenvalue weighted by Gasteiger charge is -2.47. The minimum absolute atomic E-state index is 0.0208. The van der Waals surface area contributed by atoms with Crippen molar-refractivity contribution in [3.8, 4) is 0 Å². The highest BCUT2D eigenvalue weighted by atomic mass is 32.2. The summed E-state index contributed by atoms with van der Waals surface area (Å²) in [5.41, 5.74) is -0.919. The van der Waals surface area contributed by atoms with Gasteiger partial charge >= 0.3 is 0 Å². The smallest absolute Gasteiger partial charge is 0.115 e. The number of hydrogen-bond acceptors (Lipinski definition) is 3. The molecule has 3 aliphatic heterocycles. The summed E-state index contributed by atoms with van der Waals surface area (Å²) in [6, 6.07) is 0. The van der Waals surface area contributed by atoms with E-state index >= 15 is 4.39 Å².